The van der Waals surface area contributed by atoms with Gasteiger partial charge in [0.05, 0.1) is 11.1 Å². The average Bonchev–Trinajstić information content (AvgIpc) is 2.85. The topological polar surface area (TPSA) is 18.5 Å². The Balaban J connectivity index is 1.59. The molecule has 3 rings (SSSR count). The summed E-state index contributed by atoms with van der Waals surface area (Å²) in [5, 5.41) is 0. The maximum atomic E-state index is 14.7. The molecule has 0 atom stereocenters. The molecule has 0 aliphatic heterocycles. The molecular weight excluding hydrogens is 456 g/mol. The number of rotatable bonds is 13. The molecule has 0 aliphatic carbocycles. The summed E-state index contributed by atoms with van der Waals surface area (Å²) in [4.78, 5) is 0. The third-order valence-corrected chi connectivity index (χ3v) is 5.87. The molecule has 0 fully saturated rings. The molecule has 35 heavy (non-hydrogen) atoms. The Hall–Kier alpha value is -3.02. The minimum absolute atomic E-state index is 0.00524. The van der Waals surface area contributed by atoms with Gasteiger partial charge in [0.1, 0.15) is 11.5 Å². The fourth-order valence-electron chi connectivity index (χ4n) is 3.72. The predicted molar refractivity (Wildman–Crippen MR) is 130 cm³/mol. The van der Waals surface area contributed by atoms with Crippen molar-refractivity contribution in [2.45, 2.75) is 71.0 Å². The number of alkyl halides is 4. The van der Waals surface area contributed by atoms with Crippen LogP contribution in [0.5, 0.6) is 11.5 Å². The number of hydrogen-bond donors (Lipinski definition) is 0. The minimum Gasteiger partial charge on any atom is -0.429 e. The summed E-state index contributed by atoms with van der Waals surface area (Å²) in [5.74, 6) is 0.00680. The van der Waals surface area contributed by atoms with E-state index in [1.54, 1.807) is 24.3 Å². The van der Waals surface area contributed by atoms with E-state index in [1.165, 1.54) is 43.5 Å². The first-order valence-electron chi connectivity index (χ1n) is 12.2. The summed E-state index contributed by atoms with van der Waals surface area (Å²) in [5.41, 5.74) is 1.00. The van der Waals surface area contributed by atoms with Crippen LogP contribution in [0.15, 0.2) is 72.8 Å². The quantitative estimate of drug-likeness (QED) is 0.176. The van der Waals surface area contributed by atoms with Crippen molar-refractivity contribution >= 4 is 0 Å². The first kappa shape index (κ1) is 26.6. The van der Waals surface area contributed by atoms with E-state index >= 15 is 0 Å². The van der Waals surface area contributed by atoms with Crippen LogP contribution in [0.25, 0.3) is 0 Å². The lowest BCUT2D eigenvalue weighted by Crippen LogP contribution is -2.24. The van der Waals surface area contributed by atoms with Crippen LogP contribution < -0.4 is 9.47 Å². The monoisotopic (exact) mass is 488 g/mol. The lowest BCUT2D eigenvalue weighted by molar-refractivity contribution is -0.188. The zero-order chi connectivity index (χ0) is 25.3. The Labute approximate surface area is 204 Å². The predicted octanol–water partition coefficient (Wildman–Crippen LogP) is 9.02. The van der Waals surface area contributed by atoms with Crippen LogP contribution >= 0.6 is 0 Å². The molecule has 0 aromatic heterocycles. The molecule has 0 bridgehead atoms. The van der Waals surface area contributed by atoms with Gasteiger partial charge in [-0.1, -0.05) is 63.8 Å². The fourth-order valence-corrected chi connectivity index (χ4v) is 3.72. The Morgan fingerprint density at radius 1 is 0.543 bits per heavy atom. The molecule has 3 aromatic rings. The molecule has 0 aliphatic rings. The van der Waals surface area contributed by atoms with Gasteiger partial charge in [-0.25, -0.2) is 0 Å². The Morgan fingerprint density at radius 3 is 1.40 bits per heavy atom. The summed E-state index contributed by atoms with van der Waals surface area (Å²) < 4.78 is 68.1. The van der Waals surface area contributed by atoms with Crippen LogP contribution in [-0.2, 0) is 25.1 Å². The molecule has 0 heterocycles. The van der Waals surface area contributed by atoms with Gasteiger partial charge in [0, 0.05) is 0 Å². The molecule has 2 nitrogen and oxygen atoms in total. The molecule has 0 unspecified atom stereocenters. The molecule has 6 heteroatoms. The minimum atomic E-state index is -3.67. The average molecular weight is 489 g/mol. The summed E-state index contributed by atoms with van der Waals surface area (Å²) in [6.07, 6.45) is 0.135. The van der Waals surface area contributed by atoms with Gasteiger partial charge in [-0.05, 0) is 78.9 Å². The summed E-state index contributed by atoms with van der Waals surface area (Å²) >= 11 is 0. The number of halogens is 4. The molecular formula is C29H32F4O2. The van der Waals surface area contributed by atoms with E-state index in [1.807, 2.05) is 6.92 Å². The van der Waals surface area contributed by atoms with E-state index in [2.05, 4.69) is 6.92 Å². The summed E-state index contributed by atoms with van der Waals surface area (Å²) in [6, 6.07) is 16.6. The Bertz CT molecular complexity index is 1030. The molecule has 0 radical (unpaired) electrons. The lowest BCUT2D eigenvalue weighted by Gasteiger charge is -2.21. The maximum absolute atomic E-state index is 14.7. The van der Waals surface area contributed by atoms with E-state index in [-0.39, 0.29) is 11.5 Å². The van der Waals surface area contributed by atoms with Gasteiger partial charge in [-0.15, -0.1) is 0 Å². The molecule has 188 valence electrons. The normalized spacial score (nSPS) is 11.9. The maximum Gasteiger partial charge on any atom is 0.426 e. The van der Waals surface area contributed by atoms with Gasteiger partial charge in [-0.2, -0.15) is 17.6 Å². The second-order valence-electron chi connectivity index (χ2n) is 8.62. The van der Waals surface area contributed by atoms with Crippen molar-refractivity contribution in [2.24, 2.45) is 0 Å². The van der Waals surface area contributed by atoms with Crippen molar-refractivity contribution in [3.8, 4) is 11.5 Å². The van der Waals surface area contributed by atoms with E-state index < -0.39 is 23.3 Å². The van der Waals surface area contributed by atoms with Gasteiger partial charge < -0.3 is 9.47 Å². The van der Waals surface area contributed by atoms with Gasteiger partial charge in [0.15, 0.2) is 0 Å². The number of benzene rings is 3. The van der Waals surface area contributed by atoms with E-state index in [0.717, 1.165) is 61.1 Å². The zero-order valence-corrected chi connectivity index (χ0v) is 20.2. The third-order valence-electron chi connectivity index (χ3n) is 5.87. The fraction of sp³-hybridized carbons (Fsp3) is 0.379. The Morgan fingerprint density at radius 2 is 0.971 bits per heavy atom. The van der Waals surface area contributed by atoms with Crippen molar-refractivity contribution in [3.63, 3.8) is 0 Å². The van der Waals surface area contributed by atoms with Gasteiger partial charge in [0.25, 0.3) is 0 Å². The molecule has 3 aromatic carbocycles. The van der Waals surface area contributed by atoms with E-state index in [0.29, 0.717) is 0 Å². The van der Waals surface area contributed by atoms with Crippen molar-refractivity contribution in [1.82, 2.24) is 0 Å². The van der Waals surface area contributed by atoms with Crippen LogP contribution in [0.2, 0.25) is 0 Å². The van der Waals surface area contributed by atoms with Crippen molar-refractivity contribution < 1.29 is 27.0 Å². The van der Waals surface area contributed by atoms with Crippen LogP contribution in [0, 0.1) is 0 Å². The highest BCUT2D eigenvalue weighted by atomic mass is 19.3. The summed E-state index contributed by atoms with van der Waals surface area (Å²) in [6.45, 7) is 4.12. The second-order valence-corrected chi connectivity index (χ2v) is 8.62. The highest BCUT2D eigenvalue weighted by molar-refractivity contribution is 5.32. The first-order valence-corrected chi connectivity index (χ1v) is 12.2. The van der Waals surface area contributed by atoms with Crippen LogP contribution in [0.4, 0.5) is 17.6 Å². The molecule has 0 saturated heterocycles. The Kier molecular flexibility index (Phi) is 9.19. The van der Waals surface area contributed by atoms with Crippen LogP contribution in [0.3, 0.4) is 0 Å². The number of aryl methyl sites for hydroxylation is 2. The van der Waals surface area contributed by atoms with E-state index in [4.69, 9.17) is 9.47 Å². The highest BCUT2D eigenvalue weighted by Gasteiger charge is 2.38. The first-order chi connectivity index (χ1) is 16.7. The van der Waals surface area contributed by atoms with Crippen LogP contribution in [-0.4, -0.2) is 0 Å². The van der Waals surface area contributed by atoms with Gasteiger partial charge >= 0.3 is 12.2 Å². The zero-order valence-electron chi connectivity index (χ0n) is 20.2. The molecule has 0 N–H and O–H groups in total. The lowest BCUT2D eigenvalue weighted by atomic mass is 10.1. The van der Waals surface area contributed by atoms with E-state index in [9.17, 15) is 17.6 Å². The number of ether oxygens (including phenoxy) is 2. The molecule has 0 spiro atoms. The van der Waals surface area contributed by atoms with Gasteiger partial charge in [0.2, 0.25) is 0 Å². The molecule has 0 saturated carbocycles. The van der Waals surface area contributed by atoms with Gasteiger partial charge in [-0.3, -0.25) is 0 Å². The summed E-state index contributed by atoms with van der Waals surface area (Å²) in [7, 11) is 0. The largest absolute Gasteiger partial charge is 0.429 e. The SMILES string of the molecule is CCCCCCCc1ccc(OC(F)(F)c2ccc(C(F)(F)Oc3ccc(CC)cc3)cc2)cc1. The smallest absolute Gasteiger partial charge is 0.426 e. The second kappa shape index (κ2) is 12.1. The van der Waals surface area contributed by atoms with Crippen molar-refractivity contribution in [3.05, 3.63) is 95.1 Å². The van der Waals surface area contributed by atoms with Crippen LogP contribution in [0.1, 0.15) is 68.2 Å². The third kappa shape index (κ3) is 7.74. The number of hydrogen-bond acceptors (Lipinski definition) is 2. The van der Waals surface area contributed by atoms with Crippen molar-refractivity contribution in [2.75, 3.05) is 0 Å². The van der Waals surface area contributed by atoms with Crippen molar-refractivity contribution in [1.29, 1.82) is 0 Å². The number of unbranched alkanes of at least 4 members (excludes halogenated alkanes) is 4. The standard InChI is InChI=1S/C29H32F4O2/c1-3-5-6-7-8-9-23-12-20-27(21-13-23)35-29(32,33)25-16-14-24(15-17-25)28(30,31)34-26-18-10-22(4-2)11-19-26/h10-21H,3-9H2,1-2H3. The molecule has 0 amide bonds. The highest BCUT2D eigenvalue weighted by Crippen LogP contribution is 2.35.